The average Bonchev–Trinajstić information content (AvgIpc) is 2.61. The number of hydrogen-bond donors (Lipinski definition) is 0. The highest BCUT2D eigenvalue weighted by molar-refractivity contribution is 7.89. The fourth-order valence-corrected chi connectivity index (χ4v) is 4.68. The Labute approximate surface area is 168 Å². The van der Waals surface area contributed by atoms with Gasteiger partial charge >= 0.3 is 6.36 Å². The number of hydrogen-bond acceptors (Lipinski definition) is 4. The van der Waals surface area contributed by atoms with Crippen LogP contribution in [-0.4, -0.2) is 50.7 Å². The van der Waals surface area contributed by atoms with Crippen molar-refractivity contribution in [3.05, 3.63) is 60.2 Å². The first kappa shape index (κ1) is 22.5. The number of likely N-dealkylation sites (N-methyl/N-ethyl adjacent to an activating group) is 1. The van der Waals surface area contributed by atoms with E-state index in [9.17, 15) is 21.6 Å². The first-order valence-corrected chi connectivity index (χ1v) is 9.72. The second-order valence-corrected chi connectivity index (χ2v) is 8.21. The van der Waals surface area contributed by atoms with Crippen LogP contribution in [0.5, 0.6) is 5.75 Å². The summed E-state index contributed by atoms with van der Waals surface area (Å²) in [5.41, 5.74) is 0.865. The molecule has 0 aliphatic carbocycles. The zero-order valence-corrected chi connectivity index (χ0v) is 16.6. The number of nitrogens with zero attached hydrogens (tertiary/aromatic N) is 2. The lowest BCUT2D eigenvalue weighted by atomic mass is 10.1. The van der Waals surface area contributed by atoms with Crippen molar-refractivity contribution < 1.29 is 26.3 Å². The predicted octanol–water partition coefficient (Wildman–Crippen LogP) is 3.68. The molecule has 1 atom stereocenters. The Morgan fingerprint density at radius 2 is 1.61 bits per heavy atom. The molecule has 3 rings (SSSR count). The molecule has 1 unspecified atom stereocenters. The van der Waals surface area contributed by atoms with Crippen LogP contribution >= 0.6 is 12.4 Å². The quantitative estimate of drug-likeness (QED) is 0.733. The molecule has 154 valence electrons. The summed E-state index contributed by atoms with van der Waals surface area (Å²) in [4.78, 5) is 1.98. The number of halogens is 4. The number of sulfonamides is 1. The summed E-state index contributed by atoms with van der Waals surface area (Å²) >= 11 is 0. The van der Waals surface area contributed by atoms with E-state index in [0.29, 0.717) is 19.6 Å². The summed E-state index contributed by atoms with van der Waals surface area (Å²) in [6.45, 7) is 1.38. The molecule has 2 aromatic carbocycles. The molecule has 28 heavy (non-hydrogen) atoms. The van der Waals surface area contributed by atoms with Crippen LogP contribution in [0.1, 0.15) is 11.6 Å². The van der Waals surface area contributed by atoms with Crippen molar-refractivity contribution in [2.75, 3.05) is 26.7 Å². The second-order valence-electron chi connectivity index (χ2n) is 6.32. The molecule has 0 amide bonds. The molecule has 1 aliphatic rings. The minimum atomic E-state index is -4.82. The van der Waals surface area contributed by atoms with E-state index >= 15 is 0 Å². The number of piperazine rings is 1. The van der Waals surface area contributed by atoms with Crippen LogP contribution in [-0.2, 0) is 10.0 Å². The smallest absolute Gasteiger partial charge is 0.406 e. The van der Waals surface area contributed by atoms with Crippen molar-refractivity contribution in [2.24, 2.45) is 0 Å². The Balaban J connectivity index is 0.00000280. The van der Waals surface area contributed by atoms with E-state index in [1.807, 2.05) is 42.3 Å². The maximum atomic E-state index is 13.1. The topological polar surface area (TPSA) is 49.9 Å². The van der Waals surface area contributed by atoms with Gasteiger partial charge in [0.1, 0.15) is 5.75 Å². The Hall–Kier alpha value is -1.81. The van der Waals surface area contributed by atoms with Crippen molar-refractivity contribution in [3.63, 3.8) is 0 Å². The third kappa shape index (κ3) is 5.16. The van der Waals surface area contributed by atoms with E-state index in [0.717, 1.165) is 29.8 Å². The van der Waals surface area contributed by atoms with Crippen molar-refractivity contribution >= 4 is 22.4 Å². The molecular weight excluding hydrogens is 417 g/mol. The van der Waals surface area contributed by atoms with E-state index in [-0.39, 0.29) is 23.3 Å². The standard InChI is InChI=1S/C18H19F3N2O3S.ClH/c1-22-11-12-23(17(13-22)14-5-3-2-4-6-14)27(24,25)16-9-7-15(8-10-16)26-18(19,20)21;/h2-10,17H,11-13H2,1H3;1H. The van der Waals surface area contributed by atoms with Crippen LogP contribution in [0, 0.1) is 0 Å². The lowest BCUT2D eigenvalue weighted by Crippen LogP contribution is -2.49. The van der Waals surface area contributed by atoms with Gasteiger partial charge in [0.25, 0.3) is 0 Å². The van der Waals surface area contributed by atoms with Crippen LogP contribution in [0.15, 0.2) is 59.5 Å². The van der Waals surface area contributed by atoms with Gasteiger partial charge in [0.05, 0.1) is 10.9 Å². The van der Waals surface area contributed by atoms with Gasteiger partial charge in [0, 0.05) is 19.6 Å². The van der Waals surface area contributed by atoms with Crippen LogP contribution in [0.2, 0.25) is 0 Å². The van der Waals surface area contributed by atoms with E-state index in [2.05, 4.69) is 4.74 Å². The van der Waals surface area contributed by atoms with Gasteiger partial charge in [-0.05, 0) is 36.9 Å². The van der Waals surface area contributed by atoms with Gasteiger partial charge in [-0.25, -0.2) is 8.42 Å². The molecule has 10 heteroatoms. The van der Waals surface area contributed by atoms with E-state index < -0.39 is 22.1 Å². The summed E-state index contributed by atoms with van der Waals surface area (Å²) in [5, 5.41) is 0. The highest BCUT2D eigenvalue weighted by Gasteiger charge is 2.36. The van der Waals surface area contributed by atoms with Crippen LogP contribution < -0.4 is 4.74 Å². The minimum Gasteiger partial charge on any atom is -0.406 e. The van der Waals surface area contributed by atoms with Crippen molar-refractivity contribution in [3.8, 4) is 5.75 Å². The zero-order chi connectivity index (χ0) is 19.7. The molecule has 5 nitrogen and oxygen atoms in total. The van der Waals surface area contributed by atoms with E-state index in [1.165, 1.54) is 4.31 Å². The summed E-state index contributed by atoms with van der Waals surface area (Å²) in [5.74, 6) is -0.459. The monoisotopic (exact) mass is 436 g/mol. The summed E-state index contributed by atoms with van der Waals surface area (Å²) in [6, 6.07) is 13.2. The highest BCUT2D eigenvalue weighted by atomic mass is 35.5. The summed E-state index contributed by atoms with van der Waals surface area (Å²) in [7, 11) is -1.95. The number of ether oxygens (including phenoxy) is 1. The normalized spacial score (nSPS) is 19.1. The molecule has 1 heterocycles. The average molecular weight is 437 g/mol. The number of benzene rings is 2. The molecule has 1 saturated heterocycles. The molecule has 0 aromatic heterocycles. The Bertz CT molecular complexity index is 877. The number of rotatable bonds is 4. The maximum Gasteiger partial charge on any atom is 0.573 e. The second kappa shape index (κ2) is 8.69. The van der Waals surface area contributed by atoms with E-state index in [4.69, 9.17) is 0 Å². The zero-order valence-electron chi connectivity index (χ0n) is 15.0. The molecule has 1 aliphatic heterocycles. The molecule has 0 bridgehead atoms. The minimum absolute atomic E-state index is 0. The fraction of sp³-hybridized carbons (Fsp3) is 0.333. The summed E-state index contributed by atoms with van der Waals surface area (Å²) in [6.07, 6.45) is -4.82. The van der Waals surface area contributed by atoms with Crippen molar-refractivity contribution in [1.82, 2.24) is 9.21 Å². The van der Waals surface area contributed by atoms with Crippen LogP contribution in [0.3, 0.4) is 0 Å². The molecule has 2 aromatic rings. The molecule has 0 N–H and O–H groups in total. The van der Waals surface area contributed by atoms with Gasteiger partial charge in [-0.1, -0.05) is 30.3 Å². The Morgan fingerprint density at radius 3 is 2.18 bits per heavy atom. The van der Waals surface area contributed by atoms with Gasteiger partial charge < -0.3 is 9.64 Å². The third-order valence-electron chi connectivity index (χ3n) is 4.38. The molecule has 0 radical (unpaired) electrons. The van der Waals surface area contributed by atoms with Gasteiger partial charge in [0.2, 0.25) is 10.0 Å². The Kier molecular flexibility index (Phi) is 6.97. The van der Waals surface area contributed by atoms with Gasteiger partial charge in [-0.15, -0.1) is 25.6 Å². The van der Waals surface area contributed by atoms with Crippen LogP contribution in [0.25, 0.3) is 0 Å². The fourth-order valence-electron chi connectivity index (χ4n) is 3.09. The Morgan fingerprint density at radius 1 is 1.00 bits per heavy atom. The lowest BCUT2D eigenvalue weighted by Gasteiger charge is -2.39. The van der Waals surface area contributed by atoms with Crippen LogP contribution in [0.4, 0.5) is 13.2 Å². The lowest BCUT2D eigenvalue weighted by molar-refractivity contribution is -0.274. The van der Waals surface area contributed by atoms with Gasteiger partial charge in [0.15, 0.2) is 0 Å². The highest BCUT2D eigenvalue weighted by Crippen LogP contribution is 2.32. The largest absolute Gasteiger partial charge is 0.573 e. The number of alkyl halides is 3. The van der Waals surface area contributed by atoms with Gasteiger partial charge in [-0.3, -0.25) is 0 Å². The summed E-state index contributed by atoms with van der Waals surface area (Å²) < 4.78 is 68.3. The first-order valence-electron chi connectivity index (χ1n) is 8.28. The SMILES string of the molecule is CN1CCN(S(=O)(=O)c2ccc(OC(F)(F)F)cc2)C(c2ccccc2)C1.Cl. The molecular formula is C18H20ClF3N2O3S. The predicted molar refractivity (Wildman–Crippen MR) is 101 cm³/mol. The van der Waals surface area contributed by atoms with E-state index in [1.54, 1.807) is 0 Å². The van der Waals surface area contributed by atoms with Crippen molar-refractivity contribution in [2.45, 2.75) is 17.3 Å². The van der Waals surface area contributed by atoms with Gasteiger partial charge in [-0.2, -0.15) is 4.31 Å². The molecule has 1 fully saturated rings. The first-order chi connectivity index (χ1) is 12.7. The molecule has 0 saturated carbocycles. The van der Waals surface area contributed by atoms with Crippen molar-refractivity contribution in [1.29, 1.82) is 0 Å². The molecule has 0 spiro atoms. The maximum absolute atomic E-state index is 13.1. The third-order valence-corrected chi connectivity index (χ3v) is 6.30.